The standard InChI is InChI=1S/C12H17NO6S/c1-3-20(17,18)7-6-19-12-5-4-10(13(15)16)8-11(12)9(2)14/h4-5,8-9,14H,3,6-7H2,1-2H3/t9-/m0/s1. The molecule has 1 rings (SSSR count). The van der Waals surface area contributed by atoms with Crippen LogP contribution in [0, 0.1) is 10.1 Å². The first kappa shape index (κ1) is 16.4. The monoisotopic (exact) mass is 303 g/mol. The van der Waals surface area contributed by atoms with Gasteiger partial charge in [-0.2, -0.15) is 0 Å². The number of rotatable bonds is 7. The van der Waals surface area contributed by atoms with E-state index in [2.05, 4.69) is 0 Å². The molecule has 0 fully saturated rings. The van der Waals surface area contributed by atoms with Crippen LogP contribution in [0.1, 0.15) is 25.5 Å². The molecular formula is C12H17NO6S. The van der Waals surface area contributed by atoms with E-state index in [-0.39, 0.29) is 35.1 Å². The Morgan fingerprint density at radius 3 is 2.60 bits per heavy atom. The van der Waals surface area contributed by atoms with Gasteiger partial charge >= 0.3 is 0 Å². The summed E-state index contributed by atoms with van der Waals surface area (Å²) in [5.74, 6) is 0.136. The molecule has 0 unspecified atom stereocenters. The van der Waals surface area contributed by atoms with Crippen LogP contribution in [0.15, 0.2) is 18.2 Å². The third kappa shape index (κ3) is 4.46. The lowest BCUT2D eigenvalue weighted by Crippen LogP contribution is -2.16. The van der Waals surface area contributed by atoms with Crippen molar-refractivity contribution >= 4 is 15.5 Å². The van der Waals surface area contributed by atoms with Gasteiger partial charge in [-0.1, -0.05) is 6.92 Å². The fourth-order valence-corrected chi connectivity index (χ4v) is 2.16. The fraction of sp³-hybridized carbons (Fsp3) is 0.500. The van der Waals surface area contributed by atoms with E-state index in [0.29, 0.717) is 0 Å². The van der Waals surface area contributed by atoms with Crippen LogP contribution in [0.4, 0.5) is 5.69 Å². The van der Waals surface area contributed by atoms with E-state index in [4.69, 9.17) is 4.74 Å². The summed E-state index contributed by atoms with van der Waals surface area (Å²) in [7, 11) is -3.14. The van der Waals surface area contributed by atoms with Gasteiger partial charge in [0.1, 0.15) is 12.4 Å². The quantitative estimate of drug-likeness (QED) is 0.603. The maximum atomic E-state index is 11.3. The number of nitro groups is 1. The van der Waals surface area contributed by atoms with Crippen molar-refractivity contribution in [3.63, 3.8) is 0 Å². The smallest absolute Gasteiger partial charge is 0.270 e. The zero-order valence-corrected chi connectivity index (χ0v) is 12.1. The van der Waals surface area contributed by atoms with E-state index in [1.165, 1.54) is 25.1 Å². The van der Waals surface area contributed by atoms with Crippen LogP contribution in [-0.4, -0.2) is 36.6 Å². The highest BCUT2D eigenvalue weighted by Crippen LogP contribution is 2.29. The molecule has 0 saturated carbocycles. The van der Waals surface area contributed by atoms with Crippen LogP contribution in [0.25, 0.3) is 0 Å². The topological polar surface area (TPSA) is 107 Å². The first-order valence-electron chi connectivity index (χ1n) is 6.06. The van der Waals surface area contributed by atoms with Gasteiger partial charge in [0.15, 0.2) is 9.84 Å². The molecule has 0 aliphatic heterocycles. The van der Waals surface area contributed by atoms with Crippen molar-refractivity contribution < 1.29 is 23.2 Å². The molecule has 0 spiro atoms. The molecule has 1 aromatic rings. The zero-order chi connectivity index (χ0) is 15.3. The van der Waals surface area contributed by atoms with Gasteiger partial charge in [0.25, 0.3) is 5.69 Å². The molecule has 1 N–H and O–H groups in total. The molecule has 20 heavy (non-hydrogen) atoms. The van der Waals surface area contributed by atoms with Crippen LogP contribution >= 0.6 is 0 Å². The number of nitrogens with zero attached hydrogens (tertiary/aromatic N) is 1. The Morgan fingerprint density at radius 1 is 1.45 bits per heavy atom. The minimum atomic E-state index is -3.14. The van der Waals surface area contributed by atoms with Crippen LogP contribution < -0.4 is 4.74 Å². The van der Waals surface area contributed by atoms with Crippen molar-refractivity contribution in [1.82, 2.24) is 0 Å². The van der Waals surface area contributed by atoms with Crippen LogP contribution in [-0.2, 0) is 9.84 Å². The van der Waals surface area contributed by atoms with Gasteiger partial charge in [-0.25, -0.2) is 8.42 Å². The van der Waals surface area contributed by atoms with Crippen molar-refractivity contribution in [1.29, 1.82) is 0 Å². The molecule has 0 amide bonds. The summed E-state index contributed by atoms with van der Waals surface area (Å²) in [6.07, 6.45) is -0.951. The van der Waals surface area contributed by atoms with Crippen LogP contribution in [0.5, 0.6) is 5.75 Å². The average molecular weight is 303 g/mol. The number of non-ortho nitro benzene ring substituents is 1. The predicted molar refractivity (Wildman–Crippen MR) is 73.6 cm³/mol. The molecule has 0 radical (unpaired) electrons. The van der Waals surface area contributed by atoms with Gasteiger partial charge in [-0.05, 0) is 13.0 Å². The Bertz CT molecular complexity index is 582. The van der Waals surface area contributed by atoms with Crippen molar-refractivity contribution in [2.24, 2.45) is 0 Å². The number of aliphatic hydroxyl groups excluding tert-OH is 1. The Balaban J connectivity index is 2.87. The minimum Gasteiger partial charge on any atom is -0.492 e. The summed E-state index contributed by atoms with van der Waals surface area (Å²) in [5.41, 5.74) is 0.0996. The summed E-state index contributed by atoms with van der Waals surface area (Å²) in [6.45, 7) is 2.94. The number of benzene rings is 1. The summed E-state index contributed by atoms with van der Waals surface area (Å²) >= 11 is 0. The van der Waals surface area contributed by atoms with E-state index < -0.39 is 20.9 Å². The predicted octanol–water partition coefficient (Wildman–Crippen LogP) is 1.46. The fourth-order valence-electron chi connectivity index (χ4n) is 1.53. The third-order valence-electron chi connectivity index (χ3n) is 2.75. The molecule has 1 aromatic carbocycles. The Kier molecular flexibility index (Phi) is 5.46. The molecule has 0 saturated heterocycles. The largest absolute Gasteiger partial charge is 0.492 e. The zero-order valence-electron chi connectivity index (χ0n) is 11.3. The highest BCUT2D eigenvalue weighted by atomic mass is 32.2. The maximum absolute atomic E-state index is 11.3. The Hall–Kier alpha value is -1.67. The van der Waals surface area contributed by atoms with Crippen molar-refractivity contribution in [3.8, 4) is 5.75 Å². The number of hydrogen-bond donors (Lipinski definition) is 1. The molecular weight excluding hydrogens is 286 g/mol. The van der Waals surface area contributed by atoms with E-state index in [1.54, 1.807) is 6.92 Å². The first-order chi connectivity index (χ1) is 9.26. The second-order valence-corrected chi connectivity index (χ2v) is 6.71. The normalized spacial score (nSPS) is 12.9. The van der Waals surface area contributed by atoms with Crippen molar-refractivity contribution in [2.45, 2.75) is 20.0 Å². The summed E-state index contributed by atoms with van der Waals surface area (Å²) in [6, 6.07) is 3.82. The van der Waals surface area contributed by atoms with Gasteiger partial charge in [-0.3, -0.25) is 10.1 Å². The van der Waals surface area contributed by atoms with Gasteiger partial charge in [0, 0.05) is 23.4 Å². The first-order valence-corrected chi connectivity index (χ1v) is 7.88. The molecule has 1 atom stereocenters. The van der Waals surface area contributed by atoms with Crippen molar-refractivity contribution in [2.75, 3.05) is 18.1 Å². The molecule has 0 aromatic heterocycles. The van der Waals surface area contributed by atoms with E-state index >= 15 is 0 Å². The summed E-state index contributed by atoms with van der Waals surface area (Å²) in [5, 5.41) is 20.3. The van der Waals surface area contributed by atoms with Gasteiger partial charge in [-0.15, -0.1) is 0 Å². The number of sulfone groups is 1. The van der Waals surface area contributed by atoms with Gasteiger partial charge in [0.2, 0.25) is 0 Å². The maximum Gasteiger partial charge on any atom is 0.270 e. The number of hydrogen-bond acceptors (Lipinski definition) is 6. The van der Waals surface area contributed by atoms with Gasteiger partial charge in [0.05, 0.1) is 16.8 Å². The summed E-state index contributed by atoms with van der Waals surface area (Å²) in [4.78, 5) is 10.1. The Morgan fingerprint density at radius 2 is 2.10 bits per heavy atom. The molecule has 0 aliphatic rings. The third-order valence-corrected chi connectivity index (χ3v) is 4.41. The molecule has 0 aliphatic carbocycles. The van der Waals surface area contributed by atoms with Gasteiger partial charge < -0.3 is 9.84 Å². The summed E-state index contributed by atoms with van der Waals surface area (Å²) < 4.78 is 28.0. The highest BCUT2D eigenvalue weighted by molar-refractivity contribution is 7.91. The van der Waals surface area contributed by atoms with E-state index in [9.17, 15) is 23.6 Å². The molecule has 0 bridgehead atoms. The van der Waals surface area contributed by atoms with E-state index in [1.807, 2.05) is 0 Å². The minimum absolute atomic E-state index is 0.0277. The second kappa shape index (κ2) is 6.67. The second-order valence-electron chi connectivity index (χ2n) is 4.24. The lowest BCUT2D eigenvalue weighted by Gasteiger charge is -2.13. The number of nitro benzene ring substituents is 1. The molecule has 0 heterocycles. The van der Waals surface area contributed by atoms with Crippen LogP contribution in [0.3, 0.4) is 0 Å². The highest BCUT2D eigenvalue weighted by Gasteiger charge is 2.16. The molecule has 8 heteroatoms. The Labute approximate surface area is 117 Å². The van der Waals surface area contributed by atoms with Crippen LogP contribution in [0.2, 0.25) is 0 Å². The average Bonchev–Trinajstić information content (AvgIpc) is 2.38. The lowest BCUT2D eigenvalue weighted by atomic mass is 10.1. The molecule has 112 valence electrons. The number of ether oxygens (including phenoxy) is 1. The van der Waals surface area contributed by atoms with Crippen molar-refractivity contribution in [3.05, 3.63) is 33.9 Å². The lowest BCUT2D eigenvalue weighted by molar-refractivity contribution is -0.385. The number of aliphatic hydroxyl groups is 1. The molecule has 7 nitrogen and oxygen atoms in total. The van der Waals surface area contributed by atoms with E-state index in [0.717, 1.165) is 0 Å². The SMILES string of the molecule is CCS(=O)(=O)CCOc1ccc([N+](=O)[O-])cc1[C@H](C)O.